The Bertz CT molecular complexity index is 466. The molecule has 0 radical (unpaired) electrons. The summed E-state index contributed by atoms with van der Waals surface area (Å²) in [5.74, 6) is 1.71. The van der Waals surface area contributed by atoms with E-state index in [1.54, 1.807) is 18.3 Å². The molecule has 5 nitrogen and oxygen atoms in total. The van der Waals surface area contributed by atoms with Gasteiger partial charge in [0.1, 0.15) is 5.56 Å². The number of pyridine rings is 1. The first-order valence-electron chi connectivity index (χ1n) is 6.87. The number of fused-ring (bicyclic) bond motifs is 1. The van der Waals surface area contributed by atoms with Crippen LogP contribution in [-0.4, -0.2) is 48.6 Å². The van der Waals surface area contributed by atoms with Gasteiger partial charge in [-0.3, -0.25) is 4.79 Å². The Morgan fingerprint density at radius 1 is 1.47 bits per heavy atom. The number of rotatable bonds is 3. The first kappa shape index (κ1) is 12.4. The molecular formula is C14H19N3O2. The highest BCUT2D eigenvalue weighted by Gasteiger charge is 2.38. The summed E-state index contributed by atoms with van der Waals surface area (Å²) in [5, 5.41) is 3.38. The second-order valence-corrected chi connectivity index (χ2v) is 5.18. The van der Waals surface area contributed by atoms with Crippen molar-refractivity contribution in [2.75, 3.05) is 32.8 Å². The van der Waals surface area contributed by atoms with Gasteiger partial charge in [0.15, 0.2) is 0 Å². The molecule has 0 bridgehead atoms. The number of nitrogens with zero attached hydrogens (tertiary/aromatic N) is 2. The molecule has 2 fully saturated rings. The lowest BCUT2D eigenvalue weighted by atomic mass is 10.0. The van der Waals surface area contributed by atoms with Crippen LogP contribution in [0.25, 0.3) is 0 Å². The third-order valence-electron chi connectivity index (χ3n) is 3.96. The standard InChI is InChI=1S/C14H19N3O2/c1-2-19-13-12(4-3-5-16-13)14(18)17-8-10-6-15-7-11(10)9-17/h3-5,10-11,15H,2,6-9H2,1H3. The summed E-state index contributed by atoms with van der Waals surface area (Å²) < 4.78 is 5.44. The third-order valence-corrected chi connectivity index (χ3v) is 3.96. The van der Waals surface area contributed by atoms with E-state index in [4.69, 9.17) is 4.74 Å². The SMILES string of the molecule is CCOc1ncccc1C(=O)N1CC2CNCC2C1. The Morgan fingerprint density at radius 3 is 2.89 bits per heavy atom. The van der Waals surface area contributed by atoms with E-state index < -0.39 is 0 Å². The van der Waals surface area contributed by atoms with E-state index in [9.17, 15) is 4.79 Å². The van der Waals surface area contributed by atoms with E-state index in [0.717, 1.165) is 26.2 Å². The number of ether oxygens (including phenoxy) is 1. The zero-order chi connectivity index (χ0) is 13.2. The Balaban J connectivity index is 1.77. The molecule has 3 rings (SSSR count). The number of aromatic nitrogens is 1. The molecule has 2 aliphatic heterocycles. The summed E-state index contributed by atoms with van der Waals surface area (Å²) in [7, 11) is 0. The van der Waals surface area contributed by atoms with Gasteiger partial charge >= 0.3 is 0 Å². The summed E-state index contributed by atoms with van der Waals surface area (Å²) in [5.41, 5.74) is 0.581. The molecule has 2 aliphatic rings. The zero-order valence-electron chi connectivity index (χ0n) is 11.1. The van der Waals surface area contributed by atoms with Crippen LogP contribution in [0, 0.1) is 11.8 Å². The van der Waals surface area contributed by atoms with Gasteiger partial charge in [-0.05, 0) is 30.9 Å². The highest BCUT2D eigenvalue weighted by atomic mass is 16.5. The van der Waals surface area contributed by atoms with Crippen LogP contribution in [0.3, 0.4) is 0 Å². The summed E-state index contributed by atoms with van der Waals surface area (Å²) in [6, 6.07) is 3.58. The fourth-order valence-electron chi connectivity index (χ4n) is 3.00. The van der Waals surface area contributed by atoms with Gasteiger partial charge in [0.2, 0.25) is 5.88 Å². The quantitative estimate of drug-likeness (QED) is 0.873. The molecule has 3 heterocycles. The lowest BCUT2D eigenvalue weighted by Gasteiger charge is -2.18. The van der Waals surface area contributed by atoms with Crippen molar-refractivity contribution in [1.82, 2.24) is 15.2 Å². The van der Waals surface area contributed by atoms with E-state index >= 15 is 0 Å². The molecule has 0 aliphatic carbocycles. The van der Waals surface area contributed by atoms with Crippen molar-refractivity contribution < 1.29 is 9.53 Å². The Labute approximate surface area is 113 Å². The van der Waals surface area contributed by atoms with Gasteiger partial charge in [0.05, 0.1) is 6.61 Å². The van der Waals surface area contributed by atoms with E-state index in [-0.39, 0.29) is 5.91 Å². The number of amides is 1. The molecule has 1 amide bonds. The summed E-state index contributed by atoms with van der Waals surface area (Å²) >= 11 is 0. The Kier molecular flexibility index (Phi) is 3.38. The molecule has 0 aromatic carbocycles. The predicted octanol–water partition coefficient (Wildman–Crippen LogP) is 0.772. The molecule has 0 saturated carbocycles. The molecule has 2 saturated heterocycles. The van der Waals surface area contributed by atoms with Crippen molar-refractivity contribution in [3.8, 4) is 5.88 Å². The van der Waals surface area contributed by atoms with Gasteiger partial charge in [0, 0.05) is 32.4 Å². The fourth-order valence-corrected chi connectivity index (χ4v) is 3.00. The number of likely N-dealkylation sites (tertiary alicyclic amines) is 1. The molecule has 2 atom stereocenters. The molecule has 2 unspecified atom stereocenters. The van der Waals surface area contributed by atoms with Crippen molar-refractivity contribution in [2.45, 2.75) is 6.92 Å². The van der Waals surface area contributed by atoms with Crippen LogP contribution in [0.4, 0.5) is 0 Å². The molecule has 1 N–H and O–H groups in total. The van der Waals surface area contributed by atoms with Gasteiger partial charge in [-0.2, -0.15) is 0 Å². The Morgan fingerprint density at radius 2 is 2.21 bits per heavy atom. The van der Waals surface area contributed by atoms with Crippen molar-refractivity contribution >= 4 is 5.91 Å². The van der Waals surface area contributed by atoms with Crippen LogP contribution >= 0.6 is 0 Å². The van der Waals surface area contributed by atoms with Gasteiger partial charge < -0.3 is 15.0 Å². The maximum atomic E-state index is 12.6. The zero-order valence-corrected chi connectivity index (χ0v) is 11.1. The van der Waals surface area contributed by atoms with Crippen LogP contribution < -0.4 is 10.1 Å². The minimum atomic E-state index is 0.0472. The van der Waals surface area contributed by atoms with Crippen LogP contribution in [0.5, 0.6) is 5.88 Å². The highest BCUT2D eigenvalue weighted by Crippen LogP contribution is 2.28. The first-order valence-corrected chi connectivity index (χ1v) is 6.87. The normalized spacial score (nSPS) is 25.4. The van der Waals surface area contributed by atoms with Crippen LogP contribution in [-0.2, 0) is 0 Å². The average molecular weight is 261 g/mol. The van der Waals surface area contributed by atoms with Crippen molar-refractivity contribution in [2.24, 2.45) is 11.8 Å². The summed E-state index contributed by atoms with van der Waals surface area (Å²) in [6.45, 7) is 6.16. The topological polar surface area (TPSA) is 54.5 Å². The van der Waals surface area contributed by atoms with Gasteiger partial charge in [-0.25, -0.2) is 4.98 Å². The first-order chi connectivity index (χ1) is 9.29. The van der Waals surface area contributed by atoms with Crippen molar-refractivity contribution in [3.63, 3.8) is 0 Å². The third kappa shape index (κ3) is 2.30. The van der Waals surface area contributed by atoms with Crippen molar-refractivity contribution in [3.05, 3.63) is 23.9 Å². The average Bonchev–Trinajstić information content (AvgIpc) is 2.99. The number of hydrogen-bond acceptors (Lipinski definition) is 4. The predicted molar refractivity (Wildman–Crippen MR) is 71.2 cm³/mol. The summed E-state index contributed by atoms with van der Waals surface area (Å²) in [6.07, 6.45) is 1.66. The lowest BCUT2D eigenvalue weighted by molar-refractivity contribution is 0.0776. The minimum absolute atomic E-state index is 0.0472. The van der Waals surface area contributed by atoms with Crippen molar-refractivity contribution in [1.29, 1.82) is 0 Å². The van der Waals surface area contributed by atoms with Crippen LogP contribution in [0.15, 0.2) is 18.3 Å². The lowest BCUT2D eigenvalue weighted by Crippen LogP contribution is -2.32. The number of hydrogen-bond donors (Lipinski definition) is 1. The minimum Gasteiger partial charge on any atom is -0.477 e. The number of carbonyl (C=O) groups is 1. The maximum absolute atomic E-state index is 12.6. The fraction of sp³-hybridized carbons (Fsp3) is 0.571. The molecule has 0 spiro atoms. The van der Waals surface area contributed by atoms with Crippen LogP contribution in [0.2, 0.25) is 0 Å². The highest BCUT2D eigenvalue weighted by molar-refractivity contribution is 5.96. The van der Waals surface area contributed by atoms with E-state index in [1.807, 2.05) is 11.8 Å². The number of carbonyl (C=O) groups excluding carboxylic acids is 1. The molecule has 1 aromatic heterocycles. The molecule has 5 heteroatoms. The Hall–Kier alpha value is -1.62. The largest absolute Gasteiger partial charge is 0.477 e. The smallest absolute Gasteiger partial charge is 0.259 e. The van der Waals surface area contributed by atoms with Crippen LogP contribution in [0.1, 0.15) is 17.3 Å². The van der Waals surface area contributed by atoms with E-state index in [1.165, 1.54) is 0 Å². The molecule has 19 heavy (non-hydrogen) atoms. The molecule has 1 aromatic rings. The maximum Gasteiger partial charge on any atom is 0.259 e. The van der Waals surface area contributed by atoms with Gasteiger partial charge in [0.25, 0.3) is 5.91 Å². The molecule has 102 valence electrons. The van der Waals surface area contributed by atoms with E-state index in [0.29, 0.717) is 29.9 Å². The summed E-state index contributed by atoms with van der Waals surface area (Å²) in [4.78, 5) is 18.7. The monoisotopic (exact) mass is 261 g/mol. The van der Waals surface area contributed by atoms with E-state index in [2.05, 4.69) is 10.3 Å². The number of nitrogens with one attached hydrogen (secondary N) is 1. The second-order valence-electron chi connectivity index (χ2n) is 5.18. The van der Waals surface area contributed by atoms with Gasteiger partial charge in [-0.1, -0.05) is 0 Å². The second kappa shape index (κ2) is 5.17. The van der Waals surface area contributed by atoms with Gasteiger partial charge in [-0.15, -0.1) is 0 Å². The molecular weight excluding hydrogens is 242 g/mol.